The van der Waals surface area contributed by atoms with Gasteiger partial charge in [0, 0.05) is 17.5 Å². The highest BCUT2D eigenvalue weighted by Gasteiger charge is 2.25. The Hall–Kier alpha value is -2.14. The van der Waals surface area contributed by atoms with E-state index in [1.165, 1.54) is 0 Å². The van der Waals surface area contributed by atoms with Crippen LogP contribution in [0, 0.1) is 0 Å². The van der Waals surface area contributed by atoms with Gasteiger partial charge in [-0.15, -0.1) is 0 Å². The molecule has 2 N–H and O–H groups in total. The van der Waals surface area contributed by atoms with E-state index in [4.69, 9.17) is 4.98 Å². The number of carbonyl (C=O) groups is 1. The summed E-state index contributed by atoms with van der Waals surface area (Å²) in [4.78, 5) is 19.9. The van der Waals surface area contributed by atoms with Crippen LogP contribution in [0.4, 0.5) is 5.82 Å². The number of nitrogens with one attached hydrogen (secondary N) is 2. The predicted octanol–water partition coefficient (Wildman–Crippen LogP) is 4.05. The lowest BCUT2D eigenvalue weighted by Crippen LogP contribution is -2.27. The number of fused-ring (bicyclic) bond motifs is 1. The average Bonchev–Trinajstić information content (AvgIpc) is 3.48. The van der Waals surface area contributed by atoms with Gasteiger partial charge in [-0.25, -0.2) is 4.98 Å². The zero-order valence-electron chi connectivity index (χ0n) is 16.8. The molecule has 5 heteroatoms. The van der Waals surface area contributed by atoms with Gasteiger partial charge in [0.25, 0.3) is 5.91 Å². The highest BCUT2D eigenvalue weighted by Crippen LogP contribution is 2.24. The molecule has 0 saturated heterocycles. The Kier molecular flexibility index (Phi) is 6.67. The fourth-order valence-electron chi connectivity index (χ4n) is 3.41. The number of nitrogens with zero attached hydrogens (tertiary/aromatic N) is 2. The third-order valence-corrected chi connectivity index (χ3v) is 5.27. The maximum Gasteiger partial charge on any atom is 0.252 e. The fourth-order valence-corrected chi connectivity index (χ4v) is 3.41. The summed E-state index contributed by atoms with van der Waals surface area (Å²) in [7, 11) is 0. The number of pyridine rings is 1. The highest BCUT2D eigenvalue weighted by atomic mass is 16.1. The van der Waals surface area contributed by atoms with E-state index < -0.39 is 0 Å². The summed E-state index contributed by atoms with van der Waals surface area (Å²) in [5.74, 6) is 0.790. The molecule has 3 rings (SSSR count). The first-order valence-corrected chi connectivity index (χ1v) is 10.3. The van der Waals surface area contributed by atoms with Crippen molar-refractivity contribution in [3.05, 3.63) is 35.9 Å². The fraction of sp³-hybridized carbons (Fsp3) is 0.545. The highest BCUT2D eigenvalue weighted by molar-refractivity contribution is 6.07. The van der Waals surface area contributed by atoms with Crippen molar-refractivity contribution in [3.63, 3.8) is 0 Å². The van der Waals surface area contributed by atoms with Gasteiger partial charge in [0.15, 0.2) is 0 Å². The standard InChI is InChI=1S/C22H32N4O/c1-4-26(5-2)14-8-9-16(3)23-21-15-19(22(27)24-17-12-13-17)18-10-6-7-11-20(18)25-21/h6-7,10-11,15-17H,4-5,8-9,12-14H2,1-3H3,(H,23,25)(H,24,27). The van der Waals surface area contributed by atoms with Crippen LogP contribution in [0.2, 0.25) is 0 Å². The molecule has 27 heavy (non-hydrogen) atoms. The molecule has 0 bridgehead atoms. The Labute approximate surface area is 162 Å². The Balaban J connectivity index is 1.69. The summed E-state index contributed by atoms with van der Waals surface area (Å²) < 4.78 is 0. The lowest BCUT2D eigenvalue weighted by Gasteiger charge is -2.20. The Morgan fingerprint density at radius 3 is 2.70 bits per heavy atom. The van der Waals surface area contributed by atoms with Crippen LogP contribution in [0.1, 0.15) is 56.8 Å². The maximum absolute atomic E-state index is 12.7. The average molecular weight is 369 g/mol. The number of hydrogen-bond acceptors (Lipinski definition) is 4. The van der Waals surface area contributed by atoms with Gasteiger partial charge in [0.1, 0.15) is 5.82 Å². The molecule has 0 spiro atoms. The Morgan fingerprint density at radius 2 is 2.00 bits per heavy atom. The molecule has 0 radical (unpaired) electrons. The third kappa shape index (κ3) is 5.42. The number of para-hydroxylation sites is 1. The SMILES string of the molecule is CCN(CC)CCCC(C)Nc1cc(C(=O)NC2CC2)c2ccccc2n1. The number of benzene rings is 1. The number of aromatic nitrogens is 1. The Bertz CT molecular complexity index is 768. The van der Waals surface area contributed by atoms with Gasteiger partial charge in [0.05, 0.1) is 11.1 Å². The van der Waals surface area contributed by atoms with E-state index in [0.29, 0.717) is 17.6 Å². The molecule has 146 valence electrons. The molecule has 2 aromatic rings. The first-order valence-electron chi connectivity index (χ1n) is 10.3. The van der Waals surface area contributed by atoms with Crippen molar-refractivity contribution in [3.8, 4) is 0 Å². The van der Waals surface area contributed by atoms with Gasteiger partial charge in [-0.1, -0.05) is 32.0 Å². The number of amides is 1. The van der Waals surface area contributed by atoms with Crippen LogP contribution < -0.4 is 10.6 Å². The van der Waals surface area contributed by atoms with E-state index in [0.717, 1.165) is 62.0 Å². The molecule has 1 fully saturated rings. The van der Waals surface area contributed by atoms with Gasteiger partial charge in [0.2, 0.25) is 0 Å². The minimum absolute atomic E-state index is 0.00772. The zero-order chi connectivity index (χ0) is 19.2. The van der Waals surface area contributed by atoms with E-state index in [9.17, 15) is 4.79 Å². The largest absolute Gasteiger partial charge is 0.368 e. The van der Waals surface area contributed by atoms with Crippen LogP contribution >= 0.6 is 0 Å². The van der Waals surface area contributed by atoms with Crippen LogP contribution in [0.5, 0.6) is 0 Å². The molecule has 1 aromatic carbocycles. The van der Waals surface area contributed by atoms with E-state index in [-0.39, 0.29) is 5.91 Å². The summed E-state index contributed by atoms with van der Waals surface area (Å²) in [5, 5.41) is 7.51. The number of hydrogen-bond donors (Lipinski definition) is 2. The minimum atomic E-state index is 0.00772. The second kappa shape index (κ2) is 9.18. The van der Waals surface area contributed by atoms with Gasteiger partial charge in [-0.05, 0) is 64.4 Å². The molecule has 0 aliphatic heterocycles. The van der Waals surface area contributed by atoms with Crippen molar-refractivity contribution in [2.45, 2.75) is 58.5 Å². The van der Waals surface area contributed by atoms with Gasteiger partial charge in [-0.3, -0.25) is 4.79 Å². The summed E-state index contributed by atoms with van der Waals surface area (Å²) in [6.45, 7) is 9.92. The number of carbonyl (C=O) groups excluding carboxylic acids is 1. The normalized spacial score (nSPS) is 15.1. The summed E-state index contributed by atoms with van der Waals surface area (Å²) in [6.07, 6.45) is 4.40. The van der Waals surface area contributed by atoms with Crippen LogP contribution in [-0.2, 0) is 0 Å². The summed E-state index contributed by atoms with van der Waals surface area (Å²) in [5.41, 5.74) is 1.57. The second-order valence-corrected chi connectivity index (χ2v) is 7.53. The monoisotopic (exact) mass is 368 g/mol. The quantitative estimate of drug-likeness (QED) is 0.664. The first kappa shape index (κ1) is 19.6. The predicted molar refractivity (Wildman–Crippen MR) is 112 cm³/mol. The Morgan fingerprint density at radius 1 is 1.26 bits per heavy atom. The van der Waals surface area contributed by atoms with E-state index in [1.54, 1.807) is 0 Å². The number of anilines is 1. The van der Waals surface area contributed by atoms with Crippen molar-refractivity contribution in [1.82, 2.24) is 15.2 Å². The van der Waals surface area contributed by atoms with Crippen molar-refractivity contribution >= 4 is 22.6 Å². The first-order chi connectivity index (χ1) is 13.1. The molecule has 1 atom stereocenters. The van der Waals surface area contributed by atoms with Crippen LogP contribution in [0.15, 0.2) is 30.3 Å². The molecule has 1 aliphatic carbocycles. The molecular weight excluding hydrogens is 336 g/mol. The van der Waals surface area contributed by atoms with Gasteiger partial charge in [-0.2, -0.15) is 0 Å². The smallest absolute Gasteiger partial charge is 0.252 e. The third-order valence-electron chi connectivity index (χ3n) is 5.27. The lowest BCUT2D eigenvalue weighted by molar-refractivity contribution is 0.0952. The van der Waals surface area contributed by atoms with E-state index in [1.807, 2.05) is 30.3 Å². The molecule has 1 aromatic heterocycles. The van der Waals surface area contributed by atoms with Crippen molar-refractivity contribution < 1.29 is 4.79 Å². The van der Waals surface area contributed by atoms with Crippen molar-refractivity contribution in [2.24, 2.45) is 0 Å². The second-order valence-electron chi connectivity index (χ2n) is 7.53. The summed E-state index contributed by atoms with van der Waals surface area (Å²) >= 11 is 0. The van der Waals surface area contributed by atoms with Crippen molar-refractivity contribution in [1.29, 1.82) is 0 Å². The maximum atomic E-state index is 12.7. The molecule has 1 heterocycles. The molecule has 1 amide bonds. The van der Waals surface area contributed by atoms with Crippen molar-refractivity contribution in [2.75, 3.05) is 25.0 Å². The zero-order valence-corrected chi connectivity index (χ0v) is 16.8. The van der Waals surface area contributed by atoms with Crippen LogP contribution in [0.25, 0.3) is 10.9 Å². The molecule has 1 saturated carbocycles. The summed E-state index contributed by atoms with van der Waals surface area (Å²) in [6, 6.07) is 10.4. The minimum Gasteiger partial charge on any atom is -0.368 e. The molecule has 1 unspecified atom stereocenters. The van der Waals surface area contributed by atoms with Gasteiger partial charge < -0.3 is 15.5 Å². The molecular formula is C22H32N4O. The van der Waals surface area contributed by atoms with Crippen LogP contribution in [-0.4, -0.2) is 47.5 Å². The lowest BCUT2D eigenvalue weighted by atomic mass is 10.1. The molecule has 1 aliphatic rings. The topological polar surface area (TPSA) is 57.3 Å². The van der Waals surface area contributed by atoms with E-state index in [2.05, 4.69) is 36.3 Å². The number of rotatable bonds is 10. The molecule has 5 nitrogen and oxygen atoms in total. The van der Waals surface area contributed by atoms with E-state index >= 15 is 0 Å². The van der Waals surface area contributed by atoms with Gasteiger partial charge >= 0.3 is 0 Å². The van der Waals surface area contributed by atoms with Crippen LogP contribution in [0.3, 0.4) is 0 Å².